The van der Waals surface area contributed by atoms with Gasteiger partial charge in [0, 0.05) is 23.7 Å². The summed E-state index contributed by atoms with van der Waals surface area (Å²) < 4.78 is 6.47. The number of hydrogen-bond acceptors (Lipinski definition) is 7. The molecular formula is C32H30ClN5O4. The summed E-state index contributed by atoms with van der Waals surface area (Å²) in [7, 11) is 1.61. The molecule has 0 spiro atoms. The molecule has 0 aliphatic rings. The number of benzene rings is 2. The minimum Gasteiger partial charge on any atom is -0.497 e. The molecule has 214 valence electrons. The summed E-state index contributed by atoms with van der Waals surface area (Å²) in [4.78, 5) is 46.9. The van der Waals surface area contributed by atoms with Gasteiger partial charge < -0.3 is 10.1 Å². The van der Waals surface area contributed by atoms with E-state index in [0.29, 0.717) is 29.1 Å². The number of carbonyl (C=O) groups excluding carboxylic acids is 1. The molecule has 2 aromatic carbocycles. The van der Waals surface area contributed by atoms with E-state index >= 15 is 0 Å². The van der Waals surface area contributed by atoms with Crippen LogP contribution in [0, 0.1) is 18.3 Å². The minimum atomic E-state index is -0.717. The first-order valence-corrected chi connectivity index (χ1v) is 13.6. The van der Waals surface area contributed by atoms with E-state index in [9.17, 15) is 14.4 Å². The Hall–Kier alpha value is -4.94. The van der Waals surface area contributed by atoms with Gasteiger partial charge in [0.2, 0.25) is 5.78 Å². The number of ether oxygens (including phenoxy) is 1. The zero-order valence-electron chi connectivity index (χ0n) is 23.7. The van der Waals surface area contributed by atoms with Crippen LogP contribution < -0.4 is 21.3 Å². The number of hydrogen-bond donors (Lipinski definition) is 2. The standard InChI is InChI=1S/C32H30ClN5O4/c1-19(2)28-29(30(39)24-13-20(3)12-22(14-24)6-5-11-34)38(32(41)37-31(28)40)18-23-15-26(33)36-27(16-23)35-17-21-7-9-25(42-4)10-8-21/h5-10,12-16,19H,17-18H2,1-4H3,(H,35,36)(H,37,40,41). The summed E-state index contributed by atoms with van der Waals surface area (Å²) in [6.07, 6.45) is 2.91. The van der Waals surface area contributed by atoms with E-state index in [1.807, 2.05) is 43.3 Å². The Morgan fingerprint density at radius 3 is 2.55 bits per heavy atom. The van der Waals surface area contributed by atoms with Crippen molar-refractivity contribution in [1.29, 1.82) is 5.26 Å². The second-order valence-corrected chi connectivity index (χ2v) is 10.5. The molecule has 0 atom stereocenters. The first kappa shape index (κ1) is 30.0. The van der Waals surface area contributed by atoms with Crippen LogP contribution in [0.5, 0.6) is 5.75 Å². The van der Waals surface area contributed by atoms with Crippen molar-refractivity contribution in [2.45, 2.75) is 39.8 Å². The number of nitriles is 1. The molecule has 0 amide bonds. The van der Waals surface area contributed by atoms with Gasteiger partial charge in [0.1, 0.15) is 22.4 Å². The Labute approximate surface area is 248 Å². The number of carbonyl (C=O) groups is 1. The summed E-state index contributed by atoms with van der Waals surface area (Å²) in [5.41, 5.74) is 2.21. The van der Waals surface area contributed by atoms with Crippen LogP contribution in [0.25, 0.3) is 6.08 Å². The van der Waals surface area contributed by atoms with Crippen molar-refractivity contribution in [3.63, 3.8) is 0 Å². The number of anilines is 1. The first-order valence-electron chi connectivity index (χ1n) is 13.2. The summed E-state index contributed by atoms with van der Waals surface area (Å²) in [5, 5.41) is 12.4. The fourth-order valence-corrected chi connectivity index (χ4v) is 4.91. The van der Waals surface area contributed by atoms with E-state index in [1.54, 1.807) is 51.3 Å². The Morgan fingerprint density at radius 2 is 1.88 bits per heavy atom. The minimum absolute atomic E-state index is 0.000222. The predicted molar refractivity (Wildman–Crippen MR) is 163 cm³/mol. The van der Waals surface area contributed by atoms with E-state index in [2.05, 4.69) is 15.3 Å². The highest BCUT2D eigenvalue weighted by Crippen LogP contribution is 2.23. The molecule has 0 radical (unpaired) electrons. The Morgan fingerprint density at radius 1 is 1.14 bits per heavy atom. The van der Waals surface area contributed by atoms with Crippen molar-refractivity contribution in [2.75, 3.05) is 12.4 Å². The average Bonchev–Trinajstić information content (AvgIpc) is 2.95. The topological polar surface area (TPSA) is 130 Å². The van der Waals surface area contributed by atoms with E-state index in [4.69, 9.17) is 21.6 Å². The molecule has 9 nitrogen and oxygen atoms in total. The lowest BCUT2D eigenvalue weighted by molar-refractivity contribution is 0.102. The van der Waals surface area contributed by atoms with Crippen molar-refractivity contribution in [3.05, 3.63) is 126 Å². The van der Waals surface area contributed by atoms with Gasteiger partial charge in [0.05, 0.1) is 19.7 Å². The van der Waals surface area contributed by atoms with Crippen LogP contribution >= 0.6 is 11.6 Å². The maximum Gasteiger partial charge on any atom is 0.329 e. The van der Waals surface area contributed by atoms with Crippen LogP contribution in [0.3, 0.4) is 0 Å². The van der Waals surface area contributed by atoms with Gasteiger partial charge in [0.25, 0.3) is 5.56 Å². The fraction of sp³-hybridized carbons (Fsp3) is 0.219. The van der Waals surface area contributed by atoms with Crippen molar-refractivity contribution in [1.82, 2.24) is 14.5 Å². The number of aryl methyl sites for hydroxylation is 1. The Bertz CT molecular complexity index is 1820. The molecule has 0 saturated heterocycles. The fourth-order valence-electron chi connectivity index (χ4n) is 4.68. The van der Waals surface area contributed by atoms with Crippen LogP contribution in [0.15, 0.2) is 70.3 Å². The van der Waals surface area contributed by atoms with Crippen LogP contribution in [0.2, 0.25) is 5.15 Å². The van der Waals surface area contributed by atoms with Crippen LogP contribution in [-0.2, 0) is 13.1 Å². The van der Waals surface area contributed by atoms with E-state index in [1.165, 1.54) is 10.6 Å². The molecule has 4 rings (SSSR count). The van der Waals surface area contributed by atoms with Gasteiger partial charge in [-0.05, 0) is 77.6 Å². The maximum atomic E-state index is 14.0. The molecule has 42 heavy (non-hydrogen) atoms. The van der Waals surface area contributed by atoms with Crippen LogP contribution in [-0.4, -0.2) is 27.4 Å². The largest absolute Gasteiger partial charge is 0.497 e. The molecule has 0 aliphatic carbocycles. The molecule has 0 aliphatic heterocycles. The zero-order chi connectivity index (χ0) is 30.4. The quantitative estimate of drug-likeness (QED) is 0.144. The van der Waals surface area contributed by atoms with Gasteiger partial charge in [0.15, 0.2) is 0 Å². The summed E-state index contributed by atoms with van der Waals surface area (Å²) in [5.74, 6) is 0.399. The molecule has 4 aromatic rings. The highest BCUT2D eigenvalue weighted by molar-refractivity contribution is 6.29. The molecule has 10 heteroatoms. The Kier molecular flexibility index (Phi) is 9.40. The van der Waals surface area contributed by atoms with Gasteiger partial charge in [-0.15, -0.1) is 0 Å². The van der Waals surface area contributed by atoms with Crippen molar-refractivity contribution < 1.29 is 9.53 Å². The van der Waals surface area contributed by atoms with Gasteiger partial charge in [-0.1, -0.05) is 43.6 Å². The number of nitrogens with zero attached hydrogens (tertiary/aromatic N) is 3. The summed E-state index contributed by atoms with van der Waals surface area (Å²) >= 11 is 6.35. The lowest BCUT2D eigenvalue weighted by Gasteiger charge is -2.18. The molecular weight excluding hydrogens is 554 g/mol. The maximum absolute atomic E-state index is 14.0. The van der Waals surface area contributed by atoms with Crippen LogP contribution in [0.1, 0.15) is 63.6 Å². The number of halogens is 1. The molecule has 0 unspecified atom stereocenters. The summed E-state index contributed by atoms with van der Waals surface area (Å²) in [6.45, 7) is 5.83. The van der Waals surface area contributed by atoms with Crippen molar-refractivity contribution in [2.24, 2.45) is 0 Å². The van der Waals surface area contributed by atoms with E-state index < -0.39 is 17.0 Å². The summed E-state index contributed by atoms with van der Waals surface area (Å²) in [6, 6.07) is 18.0. The zero-order valence-corrected chi connectivity index (χ0v) is 24.5. The third-order valence-electron chi connectivity index (χ3n) is 6.57. The third-order valence-corrected chi connectivity index (χ3v) is 6.76. The first-order chi connectivity index (χ1) is 20.1. The van der Waals surface area contributed by atoms with E-state index in [-0.39, 0.29) is 28.9 Å². The smallest absolute Gasteiger partial charge is 0.329 e. The van der Waals surface area contributed by atoms with Gasteiger partial charge in [-0.2, -0.15) is 5.26 Å². The Balaban J connectivity index is 1.76. The number of rotatable bonds is 10. The van der Waals surface area contributed by atoms with Crippen LogP contribution in [0.4, 0.5) is 5.82 Å². The number of aromatic amines is 1. The number of allylic oxidation sites excluding steroid dienone is 1. The third kappa shape index (κ3) is 7.03. The molecule has 2 aromatic heterocycles. The number of ketones is 1. The molecule has 2 heterocycles. The second-order valence-electron chi connectivity index (χ2n) is 10.1. The number of aromatic nitrogens is 3. The number of methoxy groups -OCH3 is 1. The van der Waals surface area contributed by atoms with Gasteiger partial charge in [-0.25, -0.2) is 9.78 Å². The molecule has 2 N–H and O–H groups in total. The van der Waals surface area contributed by atoms with Crippen molar-refractivity contribution >= 4 is 29.3 Å². The molecule has 0 saturated carbocycles. The van der Waals surface area contributed by atoms with Crippen molar-refractivity contribution in [3.8, 4) is 11.8 Å². The number of H-pyrrole nitrogens is 1. The monoisotopic (exact) mass is 583 g/mol. The average molecular weight is 584 g/mol. The number of pyridine rings is 1. The number of nitrogens with one attached hydrogen (secondary N) is 2. The lowest BCUT2D eigenvalue weighted by Crippen LogP contribution is -2.38. The van der Waals surface area contributed by atoms with Gasteiger partial charge >= 0.3 is 5.69 Å². The normalized spacial score (nSPS) is 11.1. The predicted octanol–water partition coefficient (Wildman–Crippen LogP) is 5.45. The van der Waals surface area contributed by atoms with E-state index in [0.717, 1.165) is 16.9 Å². The SMILES string of the molecule is COc1ccc(CNc2cc(Cn3c(C(=O)c4cc(C)cc(C=CC#N)c4)c(C(C)C)c(=O)[nH]c3=O)cc(Cl)n2)cc1. The highest BCUT2D eigenvalue weighted by Gasteiger charge is 2.25. The van der Waals surface area contributed by atoms with Gasteiger partial charge in [-0.3, -0.25) is 19.1 Å². The lowest BCUT2D eigenvalue weighted by atomic mass is 9.95. The molecule has 0 bridgehead atoms. The second kappa shape index (κ2) is 13.1. The highest BCUT2D eigenvalue weighted by atomic mass is 35.5. The molecule has 0 fully saturated rings.